The van der Waals surface area contributed by atoms with Crippen molar-refractivity contribution in [2.24, 2.45) is 0 Å². The molecule has 102 valence electrons. The Morgan fingerprint density at radius 1 is 1.39 bits per heavy atom. The summed E-state index contributed by atoms with van der Waals surface area (Å²) in [5.74, 6) is -0.686. The van der Waals surface area contributed by atoms with Crippen LogP contribution in [0, 0.1) is 0 Å². The molecule has 0 aromatic carbocycles. The Balaban J connectivity index is 2.24. The molecular weight excluding hydrogens is 246 g/mol. The SMILES string of the molecule is CC(C)N(CCCCCC(=O)O)Cc1cccs1. The smallest absolute Gasteiger partial charge is 0.303 e. The zero-order valence-corrected chi connectivity index (χ0v) is 12.1. The Hall–Kier alpha value is -0.870. The van der Waals surface area contributed by atoms with Crippen molar-refractivity contribution in [2.75, 3.05) is 6.54 Å². The first-order valence-electron chi connectivity index (χ1n) is 6.58. The molecule has 0 aliphatic carbocycles. The van der Waals surface area contributed by atoms with E-state index in [1.807, 2.05) is 0 Å². The molecule has 0 aliphatic rings. The van der Waals surface area contributed by atoms with Crippen molar-refractivity contribution < 1.29 is 9.90 Å². The molecule has 0 amide bonds. The van der Waals surface area contributed by atoms with E-state index in [0.717, 1.165) is 32.4 Å². The summed E-state index contributed by atoms with van der Waals surface area (Å²) >= 11 is 1.80. The van der Waals surface area contributed by atoms with Crippen LogP contribution >= 0.6 is 11.3 Å². The normalized spacial score (nSPS) is 11.3. The summed E-state index contributed by atoms with van der Waals surface area (Å²) in [4.78, 5) is 14.3. The van der Waals surface area contributed by atoms with Crippen molar-refractivity contribution in [2.45, 2.75) is 52.1 Å². The molecule has 0 spiro atoms. The zero-order valence-electron chi connectivity index (χ0n) is 11.3. The molecular formula is C14H23NO2S. The van der Waals surface area contributed by atoms with E-state index < -0.39 is 5.97 Å². The van der Waals surface area contributed by atoms with E-state index in [-0.39, 0.29) is 0 Å². The monoisotopic (exact) mass is 269 g/mol. The van der Waals surface area contributed by atoms with E-state index in [4.69, 9.17) is 5.11 Å². The zero-order chi connectivity index (χ0) is 13.4. The molecule has 0 aliphatic heterocycles. The molecule has 1 rings (SSSR count). The fraction of sp³-hybridized carbons (Fsp3) is 0.643. The van der Waals surface area contributed by atoms with Crippen LogP contribution in [0.25, 0.3) is 0 Å². The van der Waals surface area contributed by atoms with Crippen LogP contribution in [0.2, 0.25) is 0 Å². The van der Waals surface area contributed by atoms with Gasteiger partial charge in [-0.1, -0.05) is 12.5 Å². The molecule has 18 heavy (non-hydrogen) atoms. The topological polar surface area (TPSA) is 40.5 Å². The van der Waals surface area contributed by atoms with Gasteiger partial charge < -0.3 is 5.11 Å². The molecule has 0 bridgehead atoms. The lowest BCUT2D eigenvalue weighted by Gasteiger charge is -2.25. The third kappa shape index (κ3) is 6.17. The average molecular weight is 269 g/mol. The van der Waals surface area contributed by atoms with Gasteiger partial charge in [0.2, 0.25) is 0 Å². The van der Waals surface area contributed by atoms with Crippen LogP contribution in [-0.4, -0.2) is 28.6 Å². The molecule has 0 radical (unpaired) electrons. The number of thiophene rings is 1. The highest BCUT2D eigenvalue weighted by molar-refractivity contribution is 7.09. The summed E-state index contributed by atoms with van der Waals surface area (Å²) in [6.07, 6.45) is 3.17. The molecule has 1 aromatic heterocycles. The van der Waals surface area contributed by atoms with E-state index >= 15 is 0 Å². The van der Waals surface area contributed by atoms with Crippen LogP contribution < -0.4 is 0 Å². The maximum atomic E-state index is 10.4. The van der Waals surface area contributed by atoms with E-state index in [9.17, 15) is 4.79 Å². The van der Waals surface area contributed by atoms with Crippen molar-refractivity contribution in [3.63, 3.8) is 0 Å². The summed E-state index contributed by atoms with van der Waals surface area (Å²) in [5, 5.41) is 10.7. The van der Waals surface area contributed by atoms with E-state index in [2.05, 4.69) is 36.3 Å². The lowest BCUT2D eigenvalue weighted by molar-refractivity contribution is -0.137. The molecule has 1 aromatic rings. The second-order valence-corrected chi connectivity index (χ2v) is 5.88. The van der Waals surface area contributed by atoms with Crippen LogP contribution in [0.4, 0.5) is 0 Å². The molecule has 0 saturated heterocycles. The maximum Gasteiger partial charge on any atom is 0.303 e. The number of hydrogen-bond donors (Lipinski definition) is 1. The predicted octanol–water partition coefficient (Wildman–Crippen LogP) is 3.60. The van der Waals surface area contributed by atoms with Crippen molar-refractivity contribution in [3.05, 3.63) is 22.4 Å². The van der Waals surface area contributed by atoms with Crippen molar-refractivity contribution >= 4 is 17.3 Å². The first-order valence-corrected chi connectivity index (χ1v) is 7.46. The second kappa shape index (κ2) is 8.27. The van der Waals surface area contributed by atoms with Gasteiger partial charge in [-0.25, -0.2) is 0 Å². The van der Waals surface area contributed by atoms with Gasteiger partial charge in [0.1, 0.15) is 0 Å². The van der Waals surface area contributed by atoms with Gasteiger partial charge in [0.15, 0.2) is 0 Å². The minimum absolute atomic E-state index is 0.298. The molecule has 1 N–H and O–H groups in total. The standard InChI is InChI=1S/C14H23NO2S/c1-12(2)15(11-13-7-6-10-18-13)9-5-3-4-8-14(16)17/h6-7,10,12H,3-5,8-9,11H2,1-2H3,(H,16,17). The predicted molar refractivity (Wildman–Crippen MR) is 76.0 cm³/mol. The van der Waals surface area contributed by atoms with Gasteiger partial charge >= 0.3 is 5.97 Å². The van der Waals surface area contributed by atoms with Crippen LogP contribution in [0.15, 0.2) is 17.5 Å². The van der Waals surface area contributed by atoms with Gasteiger partial charge in [0.25, 0.3) is 0 Å². The molecule has 4 heteroatoms. The maximum absolute atomic E-state index is 10.4. The number of carboxylic acids is 1. The average Bonchev–Trinajstić information content (AvgIpc) is 2.79. The quantitative estimate of drug-likeness (QED) is 0.696. The second-order valence-electron chi connectivity index (χ2n) is 4.85. The fourth-order valence-electron chi connectivity index (χ4n) is 1.89. The van der Waals surface area contributed by atoms with Gasteiger partial charge in [0.05, 0.1) is 0 Å². The lowest BCUT2D eigenvalue weighted by atomic mass is 10.1. The summed E-state index contributed by atoms with van der Waals surface area (Å²) in [7, 11) is 0. The van der Waals surface area contributed by atoms with Crippen molar-refractivity contribution in [3.8, 4) is 0 Å². The van der Waals surface area contributed by atoms with E-state index in [1.165, 1.54) is 4.88 Å². The van der Waals surface area contributed by atoms with Crippen molar-refractivity contribution in [1.29, 1.82) is 0 Å². The third-order valence-electron chi connectivity index (χ3n) is 3.01. The molecule has 0 atom stereocenters. The molecule has 0 unspecified atom stereocenters. The Morgan fingerprint density at radius 2 is 2.17 bits per heavy atom. The van der Waals surface area contributed by atoms with Crippen LogP contribution in [0.1, 0.15) is 44.4 Å². The number of nitrogens with zero attached hydrogens (tertiary/aromatic N) is 1. The Bertz CT molecular complexity index is 336. The number of carbonyl (C=O) groups is 1. The highest BCUT2D eigenvalue weighted by atomic mass is 32.1. The third-order valence-corrected chi connectivity index (χ3v) is 3.87. The number of rotatable bonds is 9. The van der Waals surface area contributed by atoms with Crippen molar-refractivity contribution in [1.82, 2.24) is 4.90 Å². The van der Waals surface area contributed by atoms with Crippen LogP contribution in [0.3, 0.4) is 0 Å². The van der Waals surface area contributed by atoms with Gasteiger partial charge in [-0.3, -0.25) is 9.69 Å². The summed E-state index contributed by atoms with van der Waals surface area (Å²) in [6.45, 7) is 6.49. The molecule has 3 nitrogen and oxygen atoms in total. The van der Waals surface area contributed by atoms with Crippen LogP contribution in [0.5, 0.6) is 0 Å². The first kappa shape index (κ1) is 15.2. The minimum atomic E-state index is -0.686. The lowest BCUT2D eigenvalue weighted by Crippen LogP contribution is -2.31. The summed E-state index contributed by atoms with van der Waals surface area (Å²) < 4.78 is 0. The van der Waals surface area contributed by atoms with Gasteiger partial charge in [-0.2, -0.15) is 0 Å². The van der Waals surface area contributed by atoms with Gasteiger partial charge in [-0.05, 0) is 44.7 Å². The fourth-order valence-corrected chi connectivity index (χ4v) is 2.62. The highest BCUT2D eigenvalue weighted by Crippen LogP contribution is 2.15. The van der Waals surface area contributed by atoms with Gasteiger partial charge in [0, 0.05) is 23.9 Å². The van der Waals surface area contributed by atoms with Gasteiger partial charge in [-0.15, -0.1) is 11.3 Å². The Morgan fingerprint density at radius 3 is 2.72 bits per heavy atom. The molecule has 0 fully saturated rings. The first-order chi connectivity index (χ1) is 8.59. The largest absolute Gasteiger partial charge is 0.481 e. The van der Waals surface area contributed by atoms with Crippen LogP contribution in [-0.2, 0) is 11.3 Å². The number of unbranched alkanes of at least 4 members (excludes halogenated alkanes) is 2. The number of hydrogen-bond acceptors (Lipinski definition) is 3. The molecule has 0 saturated carbocycles. The summed E-state index contributed by atoms with van der Waals surface area (Å²) in [5.41, 5.74) is 0. The summed E-state index contributed by atoms with van der Waals surface area (Å²) in [6, 6.07) is 4.79. The van der Waals surface area contributed by atoms with E-state index in [1.54, 1.807) is 11.3 Å². The molecule has 1 heterocycles. The van der Waals surface area contributed by atoms with E-state index in [0.29, 0.717) is 12.5 Å². The minimum Gasteiger partial charge on any atom is -0.481 e. The Labute approximate surface area is 113 Å². The number of carboxylic acid groups (broad SMARTS) is 1. The number of aliphatic carboxylic acids is 1. The highest BCUT2D eigenvalue weighted by Gasteiger charge is 2.10. The Kier molecular flexibility index (Phi) is 6.98.